The Morgan fingerprint density at radius 2 is 1.52 bits per heavy atom. The van der Waals surface area contributed by atoms with Gasteiger partial charge in [0.2, 0.25) is 11.8 Å². The van der Waals surface area contributed by atoms with E-state index in [4.69, 9.17) is 9.15 Å². The van der Waals surface area contributed by atoms with E-state index in [-0.39, 0.29) is 17.1 Å². The molecule has 6 heteroatoms. The zero-order valence-corrected chi connectivity index (χ0v) is 25.2. The Kier molecular flexibility index (Phi) is 11.9. The molecule has 0 unspecified atom stereocenters. The van der Waals surface area contributed by atoms with E-state index in [0.29, 0.717) is 29.5 Å². The lowest BCUT2D eigenvalue weighted by Gasteiger charge is -2.17. The Morgan fingerprint density at radius 1 is 0.900 bits per heavy atom. The van der Waals surface area contributed by atoms with Crippen LogP contribution < -0.4 is 10.1 Å². The van der Waals surface area contributed by atoms with E-state index in [9.17, 15) is 9.59 Å². The molecule has 0 spiro atoms. The zero-order valence-electron chi connectivity index (χ0n) is 25.2. The number of oxazole rings is 1. The van der Waals surface area contributed by atoms with Crippen LogP contribution in [0.3, 0.4) is 0 Å². The molecule has 6 nitrogen and oxygen atoms in total. The van der Waals surface area contributed by atoms with Gasteiger partial charge in [-0.1, -0.05) is 70.5 Å². The van der Waals surface area contributed by atoms with Crippen LogP contribution in [0.2, 0.25) is 0 Å². The fourth-order valence-electron chi connectivity index (χ4n) is 3.88. The van der Waals surface area contributed by atoms with E-state index < -0.39 is 0 Å². The minimum Gasteiger partial charge on any atom is -0.496 e. The number of aromatic nitrogens is 1. The summed E-state index contributed by atoms with van der Waals surface area (Å²) in [5.41, 5.74) is 4.93. The topological polar surface area (TPSA) is 81.4 Å². The second-order valence-electron chi connectivity index (χ2n) is 10.5. The largest absolute Gasteiger partial charge is 0.496 e. The highest BCUT2D eigenvalue weighted by Crippen LogP contribution is 2.31. The first kappa shape index (κ1) is 32.0. The molecule has 0 atom stereocenters. The lowest BCUT2D eigenvalue weighted by molar-refractivity contribution is -0.117. The van der Waals surface area contributed by atoms with Crippen LogP contribution in [0, 0.1) is 19.3 Å². The van der Waals surface area contributed by atoms with Crippen LogP contribution in [0.5, 0.6) is 5.75 Å². The molecule has 4 rings (SSSR count). The molecule has 1 aromatic heterocycles. The number of benzene rings is 3. The molecule has 1 amide bonds. The number of rotatable bonds is 6. The number of carbonyl (C=O) groups excluding carboxylic acids is 2. The Balaban J connectivity index is 0.000000391. The highest BCUT2D eigenvalue weighted by atomic mass is 16.5. The van der Waals surface area contributed by atoms with Crippen molar-refractivity contribution >= 4 is 17.4 Å². The monoisotopic (exact) mass is 542 g/mol. The first-order valence-electron chi connectivity index (χ1n) is 13.6. The standard InChI is InChI=1S/C23H24N2O3.C9H12O.C2H6/c1-15(26)20-21(28-22(25-20)17-8-6-5-7-9-17)16-10-12-18(13-11-16)24-19(27)14-23(2,3)4;1-7-4-5-9(10-3)8(2)6-7;1-2/h5-13H,14H2,1-4H3,(H,24,27);4-6H,1-3H3;1-2H3. The quantitative estimate of drug-likeness (QED) is 0.246. The van der Waals surface area contributed by atoms with E-state index in [1.54, 1.807) is 19.2 Å². The minimum absolute atomic E-state index is 0.0318. The predicted molar refractivity (Wildman–Crippen MR) is 164 cm³/mol. The lowest BCUT2D eigenvalue weighted by atomic mass is 9.92. The lowest BCUT2D eigenvalue weighted by Crippen LogP contribution is -2.19. The minimum atomic E-state index is -0.163. The Bertz CT molecular complexity index is 1380. The second kappa shape index (κ2) is 14.8. The molecular formula is C34H42N2O4. The average molecular weight is 543 g/mol. The number of hydrogen-bond acceptors (Lipinski definition) is 5. The summed E-state index contributed by atoms with van der Waals surface area (Å²) in [5.74, 6) is 1.60. The van der Waals surface area contributed by atoms with Crippen molar-refractivity contribution in [2.75, 3.05) is 12.4 Å². The van der Waals surface area contributed by atoms with Gasteiger partial charge in [-0.15, -0.1) is 0 Å². The number of carbonyl (C=O) groups is 2. The Hall–Kier alpha value is -4.19. The third-order valence-electron chi connectivity index (χ3n) is 5.65. The molecule has 0 saturated heterocycles. The molecule has 1 N–H and O–H groups in total. The highest BCUT2D eigenvalue weighted by Gasteiger charge is 2.20. The predicted octanol–water partition coefficient (Wildman–Crippen LogP) is 8.92. The molecule has 0 bridgehead atoms. The summed E-state index contributed by atoms with van der Waals surface area (Å²) >= 11 is 0. The molecule has 0 aliphatic carbocycles. The molecular weight excluding hydrogens is 500 g/mol. The first-order valence-corrected chi connectivity index (χ1v) is 13.6. The van der Waals surface area contributed by atoms with Crippen molar-refractivity contribution in [3.05, 3.63) is 89.6 Å². The summed E-state index contributed by atoms with van der Waals surface area (Å²) in [4.78, 5) is 28.5. The maximum Gasteiger partial charge on any atom is 0.227 e. The maximum atomic E-state index is 12.1. The van der Waals surface area contributed by atoms with Crippen LogP contribution in [-0.2, 0) is 4.79 Å². The molecule has 40 heavy (non-hydrogen) atoms. The number of methoxy groups -OCH3 is 1. The van der Waals surface area contributed by atoms with Gasteiger partial charge in [0.25, 0.3) is 0 Å². The third kappa shape index (κ3) is 9.53. The van der Waals surface area contributed by atoms with Gasteiger partial charge in [-0.3, -0.25) is 9.59 Å². The van der Waals surface area contributed by atoms with Gasteiger partial charge < -0.3 is 14.5 Å². The van der Waals surface area contributed by atoms with E-state index in [0.717, 1.165) is 16.9 Å². The fourth-order valence-corrected chi connectivity index (χ4v) is 3.88. The van der Waals surface area contributed by atoms with Gasteiger partial charge in [0.05, 0.1) is 7.11 Å². The van der Waals surface area contributed by atoms with Crippen molar-refractivity contribution < 1.29 is 18.7 Å². The smallest absolute Gasteiger partial charge is 0.227 e. The van der Waals surface area contributed by atoms with E-state index in [1.807, 2.05) is 96.1 Å². The summed E-state index contributed by atoms with van der Waals surface area (Å²) in [5, 5.41) is 2.89. The number of amides is 1. The van der Waals surface area contributed by atoms with Gasteiger partial charge >= 0.3 is 0 Å². The number of ether oxygens (including phenoxy) is 1. The maximum absolute atomic E-state index is 12.1. The number of aryl methyl sites for hydroxylation is 2. The average Bonchev–Trinajstić information content (AvgIpc) is 3.36. The van der Waals surface area contributed by atoms with Gasteiger partial charge in [-0.2, -0.15) is 0 Å². The van der Waals surface area contributed by atoms with Crippen molar-refractivity contribution in [3.8, 4) is 28.5 Å². The SMILES string of the molecule is CC.CC(=O)c1nc(-c2ccccc2)oc1-c1ccc(NC(=O)CC(C)(C)C)cc1.COc1ccc(C)cc1C. The summed E-state index contributed by atoms with van der Waals surface area (Å²) in [6.07, 6.45) is 0.436. The van der Waals surface area contributed by atoms with Crippen molar-refractivity contribution in [1.82, 2.24) is 4.98 Å². The second-order valence-corrected chi connectivity index (χ2v) is 10.5. The van der Waals surface area contributed by atoms with Crippen LogP contribution in [0.1, 0.15) is 69.6 Å². The fraction of sp³-hybridized carbons (Fsp3) is 0.324. The summed E-state index contributed by atoms with van der Waals surface area (Å²) in [6, 6.07) is 22.8. The van der Waals surface area contributed by atoms with Crippen LogP contribution in [0.4, 0.5) is 5.69 Å². The molecule has 0 fully saturated rings. The number of anilines is 1. The Morgan fingerprint density at radius 3 is 2.05 bits per heavy atom. The van der Waals surface area contributed by atoms with Crippen LogP contribution in [0.15, 0.2) is 77.2 Å². The highest BCUT2D eigenvalue weighted by molar-refractivity contribution is 5.98. The first-order chi connectivity index (χ1) is 19.0. The number of ketones is 1. The molecule has 3 aromatic carbocycles. The van der Waals surface area contributed by atoms with E-state index >= 15 is 0 Å². The summed E-state index contributed by atoms with van der Waals surface area (Å²) < 4.78 is 11.0. The van der Waals surface area contributed by atoms with Gasteiger partial charge in [-0.05, 0) is 67.3 Å². The van der Waals surface area contributed by atoms with Crippen molar-refractivity contribution in [3.63, 3.8) is 0 Å². The van der Waals surface area contributed by atoms with E-state index in [2.05, 4.69) is 23.3 Å². The van der Waals surface area contributed by atoms with E-state index in [1.165, 1.54) is 18.1 Å². The molecule has 0 aliphatic heterocycles. The molecule has 1 heterocycles. The van der Waals surface area contributed by atoms with Crippen molar-refractivity contribution in [1.29, 1.82) is 0 Å². The number of nitrogens with zero attached hydrogens (tertiary/aromatic N) is 1. The normalized spacial score (nSPS) is 10.4. The van der Waals surface area contributed by atoms with Gasteiger partial charge in [0.15, 0.2) is 17.2 Å². The van der Waals surface area contributed by atoms with Crippen molar-refractivity contribution in [2.45, 2.75) is 61.8 Å². The van der Waals surface area contributed by atoms with Gasteiger partial charge in [0, 0.05) is 30.2 Å². The molecule has 0 saturated carbocycles. The summed E-state index contributed by atoms with van der Waals surface area (Å²) in [6.45, 7) is 15.7. The molecule has 212 valence electrons. The third-order valence-corrected chi connectivity index (χ3v) is 5.65. The summed E-state index contributed by atoms with van der Waals surface area (Å²) in [7, 11) is 1.69. The number of hydrogen-bond donors (Lipinski definition) is 1. The molecule has 0 aliphatic rings. The van der Waals surface area contributed by atoms with Crippen LogP contribution in [0.25, 0.3) is 22.8 Å². The Labute approximate surface area is 238 Å². The van der Waals surface area contributed by atoms with Crippen LogP contribution >= 0.6 is 0 Å². The van der Waals surface area contributed by atoms with Gasteiger partial charge in [0.1, 0.15) is 5.75 Å². The van der Waals surface area contributed by atoms with Crippen LogP contribution in [-0.4, -0.2) is 23.8 Å². The van der Waals surface area contributed by atoms with Gasteiger partial charge in [-0.25, -0.2) is 4.98 Å². The molecule has 4 aromatic rings. The van der Waals surface area contributed by atoms with Crippen molar-refractivity contribution in [2.24, 2.45) is 5.41 Å². The zero-order chi connectivity index (χ0) is 29.9. The number of nitrogens with one attached hydrogen (secondary N) is 1. The number of Topliss-reactive ketones (excluding diaryl/α,β-unsaturated/α-hetero) is 1. The molecule has 0 radical (unpaired) electrons.